The van der Waals surface area contributed by atoms with Gasteiger partial charge in [0.15, 0.2) is 0 Å². The fourth-order valence-electron chi connectivity index (χ4n) is 2.02. The molecule has 0 spiro atoms. The summed E-state index contributed by atoms with van der Waals surface area (Å²) in [6.07, 6.45) is 0.328. The minimum absolute atomic E-state index is 0.0513. The number of carbonyl (C=O) groups is 1. The maximum Gasteiger partial charge on any atom is 0.228 e. The molecule has 2 aromatic carbocycles. The SMILES string of the molecule is CCOc1ccc(CC(=O)Nc2ccc(Cl)cc2C)cc1. The van der Waals surface area contributed by atoms with Gasteiger partial charge in [0.1, 0.15) is 5.75 Å². The Labute approximate surface area is 129 Å². The van der Waals surface area contributed by atoms with Gasteiger partial charge >= 0.3 is 0 Å². The molecular formula is C17H18ClNO2. The van der Waals surface area contributed by atoms with Crippen LogP contribution >= 0.6 is 11.6 Å². The summed E-state index contributed by atoms with van der Waals surface area (Å²) < 4.78 is 5.38. The lowest BCUT2D eigenvalue weighted by molar-refractivity contribution is -0.115. The highest BCUT2D eigenvalue weighted by Crippen LogP contribution is 2.20. The molecule has 0 unspecified atom stereocenters. The van der Waals surface area contributed by atoms with E-state index < -0.39 is 0 Å². The van der Waals surface area contributed by atoms with Crippen LogP contribution in [-0.4, -0.2) is 12.5 Å². The Balaban J connectivity index is 1.98. The minimum Gasteiger partial charge on any atom is -0.494 e. The van der Waals surface area contributed by atoms with E-state index in [1.54, 1.807) is 6.07 Å². The summed E-state index contributed by atoms with van der Waals surface area (Å²) >= 11 is 5.90. The zero-order valence-corrected chi connectivity index (χ0v) is 12.9. The van der Waals surface area contributed by atoms with Gasteiger partial charge < -0.3 is 10.1 Å². The van der Waals surface area contributed by atoms with Gasteiger partial charge in [0.25, 0.3) is 0 Å². The fourth-order valence-corrected chi connectivity index (χ4v) is 2.24. The number of anilines is 1. The van der Waals surface area contributed by atoms with Crippen LogP contribution in [0.15, 0.2) is 42.5 Å². The second kappa shape index (κ2) is 7.14. The van der Waals surface area contributed by atoms with Crippen molar-refractivity contribution in [1.29, 1.82) is 0 Å². The van der Waals surface area contributed by atoms with Crippen LogP contribution in [0.1, 0.15) is 18.1 Å². The molecule has 1 N–H and O–H groups in total. The van der Waals surface area contributed by atoms with Crippen molar-refractivity contribution in [3.8, 4) is 5.75 Å². The van der Waals surface area contributed by atoms with Crippen molar-refractivity contribution in [3.63, 3.8) is 0 Å². The summed E-state index contributed by atoms with van der Waals surface area (Å²) in [6.45, 7) is 4.49. The van der Waals surface area contributed by atoms with Gasteiger partial charge in [-0.3, -0.25) is 4.79 Å². The van der Waals surface area contributed by atoms with Crippen molar-refractivity contribution in [2.24, 2.45) is 0 Å². The normalized spacial score (nSPS) is 10.2. The molecule has 110 valence electrons. The molecule has 4 heteroatoms. The molecule has 0 aromatic heterocycles. The molecule has 0 radical (unpaired) electrons. The highest BCUT2D eigenvalue weighted by atomic mass is 35.5. The summed E-state index contributed by atoms with van der Waals surface area (Å²) in [5.41, 5.74) is 2.68. The first-order chi connectivity index (χ1) is 10.1. The van der Waals surface area contributed by atoms with Crippen LogP contribution in [0.5, 0.6) is 5.75 Å². The summed E-state index contributed by atoms with van der Waals surface area (Å²) in [4.78, 5) is 12.1. The third-order valence-corrected chi connectivity index (χ3v) is 3.30. The molecule has 0 aliphatic heterocycles. The second-order valence-electron chi connectivity index (χ2n) is 4.76. The largest absolute Gasteiger partial charge is 0.494 e. The predicted octanol–water partition coefficient (Wildman–Crippen LogP) is 4.23. The molecule has 21 heavy (non-hydrogen) atoms. The van der Waals surface area contributed by atoms with E-state index in [0.29, 0.717) is 18.1 Å². The molecule has 0 saturated carbocycles. The summed E-state index contributed by atoms with van der Waals surface area (Å²) in [6, 6.07) is 13.0. The van der Waals surface area contributed by atoms with E-state index in [4.69, 9.17) is 16.3 Å². The molecule has 2 rings (SSSR count). The van der Waals surface area contributed by atoms with Crippen molar-refractivity contribution in [2.75, 3.05) is 11.9 Å². The Hall–Kier alpha value is -2.00. The average Bonchev–Trinajstić information content (AvgIpc) is 2.44. The zero-order chi connectivity index (χ0) is 15.2. The van der Waals surface area contributed by atoms with Crippen LogP contribution in [0, 0.1) is 6.92 Å². The van der Waals surface area contributed by atoms with Gasteiger partial charge in [-0.25, -0.2) is 0 Å². The van der Waals surface area contributed by atoms with Crippen molar-refractivity contribution in [2.45, 2.75) is 20.3 Å². The number of rotatable bonds is 5. The average molecular weight is 304 g/mol. The van der Waals surface area contributed by atoms with E-state index in [-0.39, 0.29) is 5.91 Å². The maximum absolute atomic E-state index is 12.1. The number of amides is 1. The molecule has 0 heterocycles. The van der Waals surface area contributed by atoms with E-state index in [9.17, 15) is 4.79 Å². The fraction of sp³-hybridized carbons (Fsp3) is 0.235. The van der Waals surface area contributed by atoms with Crippen molar-refractivity contribution >= 4 is 23.2 Å². The third-order valence-electron chi connectivity index (χ3n) is 3.06. The lowest BCUT2D eigenvalue weighted by Crippen LogP contribution is -2.15. The second-order valence-corrected chi connectivity index (χ2v) is 5.20. The van der Waals surface area contributed by atoms with E-state index >= 15 is 0 Å². The first kappa shape index (κ1) is 15.4. The lowest BCUT2D eigenvalue weighted by atomic mass is 10.1. The highest BCUT2D eigenvalue weighted by Gasteiger charge is 2.06. The van der Waals surface area contributed by atoms with E-state index in [0.717, 1.165) is 22.6 Å². The van der Waals surface area contributed by atoms with Crippen LogP contribution in [0.25, 0.3) is 0 Å². The van der Waals surface area contributed by atoms with E-state index in [1.165, 1.54) is 0 Å². The van der Waals surface area contributed by atoms with Crippen LogP contribution < -0.4 is 10.1 Å². The van der Waals surface area contributed by atoms with E-state index in [1.807, 2.05) is 50.2 Å². The molecule has 0 bridgehead atoms. The summed E-state index contributed by atoms with van der Waals surface area (Å²) in [5, 5.41) is 3.56. The number of hydrogen-bond donors (Lipinski definition) is 1. The van der Waals surface area contributed by atoms with Gasteiger partial charge in [-0.1, -0.05) is 23.7 Å². The number of aryl methyl sites for hydroxylation is 1. The molecule has 2 aromatic rings. The lowest BCUT2D eigenvalue weighted by Gasteiger charge is -2.09. The van der Waals surface area contributed by atoms with Gasteiger partial charge in [0.05, 0.1) is 13.0 Å². The first-order valence-electron chi connectivity index (χ1n) is 6.86. The number of halogens is 1. The number of benzene rings is 2. The Morgan fingerprint density at radius 2 is 1.90 bits per heavy atom. The molecule has 0 atom stereocenters. The van der Waals surface area contributed by atoms with Crippen LogP contribution in [-0.2, 0) is 11.2 Å². The monoisotopic (exact) mass is 303 g/mol. The predicted molar refractivity (Wildman–Crippen MR) is 86.1 cm³/mol. The zero-order valence-electron chi connectivity index (χ0n) is 12.2. The molecule has 0 saturated heterocycles. The van der Waals surface area contributed by atoms with Crippen molar-refractivity contribution < 1.29 is 9.53 Å². The molecule has 0 aliphatic carbocycles. The number of carbonyl (C=O) groups excluding carboxylic acids is 1. The summed E-state index contributed by atoms with van der Waals surface area (Å²) in [7, 11) is 0. The smallest absolute Gasteiger partial charge is 0.228 e. The Morgan fingerprint density at radius 3 is 2.52 bits per heavy atom. The summed E-state index contributed by atoms with van der Waals surface area (Å²) in [5.74, 6) is 0.764. The van der Waals surface area contributed by atoms with E-state index in [2.05, 4.69) is 5.32 Å². The number of nitrogens with one attached hydrogen (secondary N) is 1. The molecular weight excluding hydrogens is 286 g/mol. The molecule has 1 amide bonds. The molecule has 3 nitrogen and oxygen atoms in total. The molecule has 0 aliphatic rings. The van der Waals surface area contributed by atoms with Crippen LogP contribution in [0.4, 0.5) is 5.69 Å². The number of ether oxygens (including phenoxy) is 1. The Bertz CT molecular complexity index is 623. The van der Waals surface area contributed by atoms with Gasteiger partial charge in [-0.05, 0) is 55.3 Å². The van der Waals surface area contributed by atoms with Gasteiger partial charge in [0, 0.05) is 10.7 Å². The highest BCUT2D eigenvalue weighted by molar-refractivity contribution is 6.30. The third kappa shape index (κ3) is 4.50. The van der Waals surface area contributed by atoms with Gasteiger partial charge in [-0.15, -0.1) is 0 Å². The number of hydrogen-bond acceptors (Lipinski definition) is 2. The van der Waals surface area contributed by atoms with Gasteiger partial charge in [-0.2, -0.15) is 0 Å². The van der Waals surface area contributed by atoms with Gasteiger partial charge in [0.2, 0.25) is 5.91 Å². The Morgan fingerprint density at radius 1 is 1.19 bits per heavy atom. The molecule has 0 fully saturated rings. The quantitative estimate of drug-likeness (QED) is 0.897. The first-order valence-corrected chi connectivity index (χ1v) is 7.24. The van der Waals surface area contributed by atoms with Crippen molar-refractivity contribution in [3.05, 3.63) is 58.6 Å². The van der Waals surface area contributed by atoms with Crippen LogP contribution in [0.3, 0.4) is 0 Å². The van der Waals surface area contributed by atoms with Crippen LogP contribution in [0.2, 0.25) is 5.02 Å². The standard InChI is InChI=1S/C17H18ClNO2/c1-3-21-15-7-4-13(5-8-15)11-17(20)19-16-9-6-14(18)10-12(16)2/h4-10H,3,11H2,1-2H3,(H,19,20). The maximum atomic E-state index is 12.1. The topological polar surface area (TPSA) is 38.3 Å². The minimum atomic E-state index is -0.0513. The van der Waals surface area contributed by atoms with Crippen molar-refractivity contribution in [1.82, 2.24) is 0 Å². The Kier molecular flexibility index (Phi) is 5.23.